The van der Waals surface area contributed by atoms with E-state index in [4.69, 9.17) is 5.73 Å². The molecule has 0 spiro atoms. The Morgan fingerprint density at radius 1 is 1.47 bits per heavy atom. The van der Waals surface area contributed by atoms with Crippen molar-refractivity contribution in [2.24, 2.45) is 11.7 Å². The summed E-state index contributed by atoms with van der Waals surface area (Å²) in [5, 5.41) is 9.50. The van der Waals surface area contributed by atoms with Gasteiger partial charge in [0.15, 0.2) is 5.82 Å². The number of amides is 1. The average molecular weight is 210 g/mol. The summed E-state index contributed by atoms with van der Waals surface area (Å²) < 4.78 is 0. The number of aromatic nitrogens is 2. The first-order valence-corrected chi connectivity index (χ1v) is 5.01. The smallest absolute Gasteiger partial charge is 0.242 e. The molecule has 0 radical (unpaired) electrons. The standard InChI is InChI=1S/C10H18N4O/c1-5(2)8(11)10(15)12-9-6(3)7(4)13-14-9/h5,8H,11H2,1-4H3,(H2,12,13,14,15). The SMILES string of the molecule is Cc1[nH]nc(NC(=O)C(N)C(C)C)c1C. The van der Waals surface area contributed by atoms with Crippen LogP contribution in [0.5, 0.6) is 0 Å². The Morgan fingerprint density at radius 2 is 2.07 bits per heavy atom. The Kier molecular flexibility index (Phi) is 3.47. The first-order valence-electron chi connectivity index (χ1n) is 5.01. The molecule has 0 aliphatic carbocycles. The zero-order valence-corrected chi connectivity index (χ0v) is 9.59. The highest BCUT2D eigenvalue weighted by atomic mass is 16.2. The molecule has 15 heavy (non-hydrogen) atoms. The number of hydrogen-bond donors (Lipinski definition) is 3. The van der Waals surface area contributed by atoms with Gasteiger partial charge in [0.05, 0.1) is 6.04 Å². The van der Waals surface area contributed by atoms with Crippen molar-refractivity contribution in [2.45, 2.75) is 33.7 Å². The number of nitrogens with one attached hydrogen (secondary N) is 2. The maximum absolute atomic E-state index is 11.6. The van der Waals surface area contributed by atoms with Crippen LogP contribution >= 0.6 is 0 Å². The zero-order valence-electron chi connectivity index (χ0n) is 9.59. The average Bonchev–Trinajstić information content (AvgIpc) is 2.48. The minimum atomic E-state index is -0.499. The molecule has 4 N–H and O–H groups in total. The normalized spacial score (nSPS) is 12.9. The molecule has 1 atom stereocenters. The lowest BCUT2D eigenvalue weighted by atomic mass is 10.1. The van der Waals surface area contributed by atoms with Gasteiger partial charge in [-0.15, -0.1) is 0 Å². The largest absolute Gasteiger partial charge is 0.320 e. The van der Waals surface area contributed by atoms with Crippen molar-refractivity contribution in [3.63, 3.8) is 0 Å². The molecule has 5 nitrogen and oxygen atoms in total. The Balaban J connectivity index is 2.71. The molecule has 0 aliphatic heterocycles. The van der Waals surface area contributed by atoms with Crippen molar-refractivity contribution in [2.75, 3.05) is 5.32 Å². The summed E-state index contributed by atoms with van der Waals surface area (Å²) in [6, 6.07) is -0.499. The third kappa shape index (κ3) is 2.56. The molecule has 1 aromatic heterocycles. The highest BCUT2D eigenvalue weighted by Gasteiger charge is 2.19. The molecule has 0 saturated carbocycles. The lowest BCUT2D eigenvalue weighted by Crippen LogP contribution is -2.39. The third-order valence-electron chi connectivity index (χ3n) is 2.52. The number of hydrogen-bond acceptors (Lipinski definition) is 3. The number of aryl methyl sites for hydroxylation is 1. The monoisotopic (exact) mass is 210 g/mol. The van der Waals surface area contributed by atoms with Gasteiger partial charge in [-0.2, -0.15) is 5.10 Å². The van der Waals surface area contributed by atoms with E-state index in [1.165, 1.54) is 0 Å². The summed E-state index contributed by atoms with van der Waals surface area (Å²) in [6.45, 7) is 7.62. The maximum atomic E-state index is 11.6. The van der Waals surface area contributed by atoms with E-state index in [0.717, 1.165) is 11.3 Å². The molecule has 0 bridgehead atoms. The highest BCUT2D eigenvalue weighted by Crippen LogP contribution is 2.14. The van der Waals surface area contributed by atoms with Gasteiger partial charge in [-0.3, -0.25) is 9.89 Å². The fourth-order valence-corrected chi connectivity index (χ4v) is 1.11. The van der Waals surface area contributed by atoms with Crippen molar-refractivity contribution in [3.05, 3.63) is 11.3 Å². The zero-order chi connectivity index (χ0) is 11.6. The number of nitrogens with two attached hydrogens (primary N) is 1. The van der Waals surface area contributed by atoms with Gasteiger partial charge in [-0.1, -0.05) is 13.8 Å². The van der Waals surface area contributed by atoms with Gasteiger partial charge >= 0.3 is 0 Å². The van der Waals surface area contributed by atoms with Crippen LogP contribution in [0, 0.1) is 19.8 Å². The molecule has 1 unspecified atom stereocenters. The molecule has 1 rings (SSSR count). The van der Waals surface area contributed by atoms with Gasteiger partial charge < -0.3 is 11.1 Å². The maximum Gasteiger partial charge on any atom is 0.242 e. The van der Waals surface area contributed by atoms with E-state index in [-0.39, 0.29) is 11.8 Å². The summed E-state index contributed by atoms with van der Waals surface area (Å²) in [6.07, 6.45) is 0. The number of aromatic amines is 1. The van der Waals surface area contributed by atoms with Crippen LogP contribution in [0.15, 0.2) is 0 Å². The number of rotatable bonds is 3. The van der Waals surface area contributed by atoms with Crippen molar-refractivity contribution in [1.29, 1.82) is 0 Å². The molecular formula is C10H18N4O. The van der Waals surface area contributed by atoms with Crippen LogP contribution in [0.3, 0.4) is 0 Å². The summed E-state index contributed by atoms with van der Waals surface area (Å²) >= 11 is 0. The quantitative estimate of drug-likeness (QED) is 0.694. The molecule has 1 heterocycles. The summed E-state index contributed by atoms with van der Waals surface area (Å²) in [5.74, 6) is 0.485. The molecule has 0 aromatic carbocycles. The Hall–Kier alpha value is -1.36. The predicted octanol–water partition coefficient (Wildman–Crippen LogP) is 0.948. The van der Waals surface area contributed by atoms with E-state index in [2.05, 4.69) is 15.5 Å². The first kappa shape index (κ1) is 11.7. The van der Waals surface area contributed by atoms with E-state index < -0.39 is 6.04 Å². The second kappa shape index (κ2) is 4.44. The molecule has 1 amide bonds. The fourth-order valence-electron chi connectivity index (χ4n) is 1.11. The van der Waals surface area contributed by atoms with E-state index >= 15 is 0 Å². The second-order valence-electron chi connectivity index (χ2n) is 4.08. The van der Waals surface area contributed by atoms with Crippen LogP contribution in [-0.4, -0.2) is 22.1 Å². The minimum absolute atomic E-state index is 0.116. The predicted molar refractivity (Wildman–Crippen MR) is 59.5 cm³/mol. The Bertz CT molecular complexity index is 356. The molecule has 0 aliphatic rings. The summed E-state index contributed by atoms with van der Waals surface area (Å²) in [4.78, 5) is 11.6. The third-order valence-corrected chi connectivity index (χ3v) is 2.52. The van der Waals surface area contributed by atoms with Crippen LogP contribution < -0.4 is 11.1 Å². The second-order valence-corrected chi connectivity index (χ2v) is 4.08. The van der Waals surface area contributed by atoms with E-state index in [1.54, 1.807) is 0 Å². The molecular weight excluding hydrogens is 192 g/mol. The summed E-state index contributed by atoms with van der Waals surface area (Å²) in [5.41, 5.74) is 7.61. The Morgan fingerprint density at radius 3 is 2.47 bits per heavy atom. The van der Waals surface area contributed by atoms with Crippen LogP contribution in [0.1, 0.15) is 25.1 Å². The van der Waals surface area contributed by atoms with Crippen LogP contribution in [0.25, 0.3) is 0 Å². The van der Waals surface area contributed by atoms with Crippen molar-refractivity contribution in [1.82, 2.24) is 10.2 Å². The molecule has 0 fully saturated rings. The van der Waals surface area contributed by atoms with Gasteiger partial charge in [0.2, 0.25) is 5.91 Å². The van der Waals surface area contributed by atoms with Crippen LogP contribution in [0.4, 0.5) is 5.82 Å². The van der Waals surface area contributed by atoms with Crippen LogP contribution in [0.2, 0.25) is 0 Å². The van der Waals surface area contributed by atoms with Gasteiger partial charge in [0, 0.05) is 11.3 Å². The minimum Gasteiger partial charge on any atom is -0.320 e. The number of carbonyl (C=O) groups is 1. The van der Waals surface area contributed by atoms with Crippen LogP contribution in [-0.2, 0) is 4.79 Å². The topological polar surface area (TPSA) is 83.8 Å². The van der Waals surface area contributed by atoms with Crippen molar-refractivity contribution < 1.29 is 4.79 Å². The number of anilines is 1. The number of nitrogens with zero attached hydrogens (tertiary/aromatic N) is 1. The fraction of sp³-hybridized carbons (Fsp3) is 0.600. The lowest BCUT2D eigenvalue weighted by Gasteiger charge is -2.14. The molecule has 84 valence electrons. The highest BCUT2D eigenvalue weighted by molar-refractivity contribution is 5.94. The number of H-pyrrole nitrogens is 1. The number of carbonyl (C=O) groups excluding carboxylic acids is 1. The van der Waals surface area contributed by atoms with Gasteiger partial charge in [-0.05, 0) is 19.8 Å². The van der Waals surface area contributed by atoms with Gasteiger partial charge in [-0.25, -0.2) is 0 Å². The van der Waals surface area contributed by atoms with Crippen molar-refractivity contribution in [3.8, 4) is 0 Å². The van der Waals surface area contributed by atoms with Gasteiger partial charge in [0.25, 0.3) is 0 Å². The van der Waals surface area contributed by atoms with E-state index in [0.29, 0.717) is 5.82 Å². The first-order chi connectivity index (χ1) is 6.93. The summed E-state index contributed by atoms with van der Waals surface area (Å²) in [7, 11) is 0. The Labute approximate surface area is 89.4 Å². The van der Waals surface area contributed by atoms with E-state index in [1.807, 2.05) is 27.7 Å². The lowest BCUT2D eigenvalue weighted by molar-refractivity contribution is -0.118. The van der Waals surface area contributed by atoms with Crippen molar-refractivity contribution >= 4 is 11.7 Å². The molecule has 1 aromatic rings. The van der Waals surface area contributed by atoms with Gasteiger partial charge in [0.1, 0.15) is 0 Å². The molecule has 0 saturated heterocycles. The van der Waals surface area contributed by atoms with E-state index in [9.17, 15) is 4.79 Å². The molecule has 5 heteroatoms.